The lowest BCUT2D eigenvalue weighted by Gasteiger charge is -2.06. The number of carboxylic acids is 1. The first-order chi connectivity index (χ1) is 16.8. The van der Waals surface area contributed by atoms with Gasteiger partial charge in [0.15, 0.2) is 0 Å². The van der Waals surface area contributed by atoms with Crippen molar-refractivity contribution in [3.63, 3.8) is 0 Å². The van der Waals surface area contributed by atoms with Gasteiger partial charge >= 0.3 is 5.97 Å². The number of carbonyl (C=O) groups excluding carboxylic acids is 1. The van der Waals surface area contributed by atoms with Crippen LogP contribution in [0.5, 0.6) is 5.75 Å². The Morgan fingerprint density at radius 2 is 1.89 bits per heavy atom. The molecule has 4 N–H and O–H groups in total. The molecule has 184 valence electrons. The maximum Gasteiger partial charge on any atom is 0.303 e. The second-order valence-corrected chi connectivity index (χ2v) is 8.83. The Morgan fingerprint density at radius 1 is 1.06 bits per heavy atom. The summed E-state index contributed by atoms with van der Waals surface area (Å²) in [5.74, 6) is -0.549. The summed E-state index contributed by atoms with van der Waals surface area (Å²) in [6, 6.07) is 10.6. The van der Waals surface area contributed by atoms with Crippen LogP contribution in [0, 0.1) is 19.7 Å². The van der Waals surface area contributed by atoms with E-state index < -0.39 is 5.97 Å². The number of rotatable bonds is 11. The van der Waals surface area contributed by atoms with Crippen LogP contribution in [-0.4, -0.2) is 40.1 Å². The number of hydrogen-bond acceptors (Lipinski definition) is 3. The predicted octanol–water partition coefficient (Wildman–Crippen LogP) is 5.40. The maximum absolute atomic E-state index is 14.2. The lowest BCUT2D eigenvalue weighted by molar-refractivity contribution is -0.137. The Hall–Kier alpha value is -3.81. The van der Waals surface area contributed by atoms with Crippen LogP contribution in [0.3, 0.4) is 0 Å². The van der Waals surface area contributed by atoms with Gasteiger partial charge in [0.25, 0.3) is 5.91 Å². The van der Waals surface area contributed by atoms with E-state index in [4.69, 9.17) is 9.84 Å². The molecule has 0 fully saturated rings. The molecule has 2 aromatic carbocycles. The molecule has 0 saturated carbocycles. The number of benzene rings is 2. The first-order valence-electron chi connectivity index (χ1n) is 11.9. The minimum atomic E-state index is -0.776. The van der Waals surface area contributed by atoms with E-state index in [1.165, 1.54) is 6.07 Å². The van der Waals surface area contributed by atoms with Crippen LogP contribution < -0.4 is 10.1 Å². The molecule has 0 radical (unpaired) electrons. The predicted molar refractivity (Wildman–Crippen MR) is 134 cm³/mol. The molecule has 0 unspecified atom stereocenters. The molecular formula is C27H30FN3O4. The van der Waals surface area contributed by atoms with Crippen molar-refractivity contribution in [3.8, 4) is 5.75 Å². The maximum atomic E-state index is 14.2. The van der Waals surface area contributed by atoms with E-state index in [1.807, 2.05) is 32.0 Å². The van der Waals surface area contributed by atoms with Crippen molar-refractivity contribution in [2.45, 2.75) is 46.0 Å². The molecule has 8 heteroatoms. The van der Waals surface area contributed by atoms with Gasteiger partial charge in [0, 0.05) is 34.9 Å². The zero-order chi connectivity index (χ0) is 24.9. The summed E-state index contributed by atoms with van der Waals surface area (Å²) in [4.78, 5) is 29.5. The number of aromatic amines is 2. The number of unbranched alkanes of at least 4 members (excludes halogenated alkanes) is 2. The van der Waals surface area contributed by atoms with E-state index in [9.17, 15) is 14.0 Å². The summed E-state index contributed by atoms with van der Waals surface area (Å²) in [6.45, 7) is 4.82. The number of nitrogens with one attached hydrogen (secondary N) is 3. The van der Waals surface area contributed by atoms with Crippen LogP contribution in [0.15, 0.2) is 36.4 Å². The monoisotopic (exact) mass is 479 g/mol. The number of fused-ring (bicyclic) bond motifs is 2. The number of aromatic nitrogens is 2. The highest BCUT2D eigenvalue weighted by Gasteiger charge is 2.15. The van der Waals surface area contributed by atoms with Crippen molar-refractivity contribution in [3.05, 3.63) is 64.7 Å². The third-order valence-corrected chi connectivity index (χ3v) is 6.23. The molecule has 0 aliphatic carbocycles. The van der Waals surface area contributed by atoms with Gasteiger partial charge in [-0.1, -0.05) is 6.07 Å². The summed E-state index contributed by atoms with van der Waals surface area (Å²) in [5.41, 5.74) is 4.73. The molecule has 0 aliphatic heterocycles. The normalized spacial score (nSPS) is 11.3. The fourth-order valence-corrected chi connectivity index (χ4v) is 4.42. The molecule has 1 amide bonds. The molecule has 0 spiro atoms. The SMILES string of the molecule is Cc1[nH]c2c(F)ccc(C)c2c1CCNC(=O)c1cc2cc(OCCCCCC(=O)O)ccc2[nH]1. The van der Waals surface area contributed by atoms with Crippen LogP contribution in [0.4, 0.5) is 4.39 Å². The van der Waals surface area contributed by atoms with Crippen molar-refractivity contribution < 1.29 is 23.8 Å². The Balaban J connectivity index is 1.33. The van der Waals surface area contributed by atoms with Crippen LogP contribution >= 0.6 is 0 Å². The highest BCUT2D eigenvalue weighted by molar-refractivity contribution is 5.98. The lowest BCUT2D eigenvalue weighted by Crippen LogP contribution is -2.26. The third kappa shape index (κ3) is 5.65. The molecule has 0 atom stereocenters. The summed E-state index contributed by atoms with van der Waals surface area (Å²) >= 11 is 0. The average molecular weight is 480 g/mol. The molecule has 4 rings (SSSR count). The van der Waals surface area contributed by atoms with Gasteiger partial charge < -0.3 is 25.1 Å². The summed E-state index contributed by atoms with van der Waals surface area (Å²) in [5, 5.41) is 13.4. The highest BCUT2D eigenvalue weighted by atomic mass is 19.1. The van der Waals surface area contributed by atoms with Crippen LogP contribution in [0.1, 0.15) is 53.0 Å². The standard InChI is InChI=1S/C27H30FN3O4/c1-16-7-9-21(28)26-25(16)20(17(2)30-26)11-12-29-27(34)23-15-18-14-19(8-10-22(18)31-23)35-13-5-3-4-6-24(32)33/h7-10,14-15,30-31H,3-6,11-13H2,1-2H3,(H,29,34)(H,32,33). The lowest BCUT2D eigenvalue weighted by atomic mass is 10.0. The van der Waals surface area contributed by atoms with Gasteiger partial charge in [0.05, 0.1) is 12.1 Å². The van der Waals surface area contributed by atoms with E-state index in [2.05, 4.69) is 15.3 Å². The minimum Gasteiger partial charge on any atom is -0.494 e. The fourth-order valence-electron chi connectivity index (χ4n) is 4.42. The summed E-state index contributed by atoms with van der Waals surface area (Å²) in [7, 11) is 0. The highest BCUT2D eigenvalue weighted by Crippen LogP contribution is 2.28. The molecule has 2 aromatic heterocycles. The van der Waals surface area contributed by atoms with Gasteiger partial charge in [-0.3, -0.25) is 9.59 Å². The number of halogens is 1. The number of amides is 1. The molecule has 0 aliphatic rings. The number of carbonyl (C=O) groups is 2. The van der Waals surface area contributed by atoms with Crippen molar-refractivity contribution in [1.82, 2.24) is 15.3 Å². The number of H-pyrrole nitrogens is 2. The van der Waals surface area contributed by atoms with E-state index in [1.54, 1.807) is 12.1 Å². The largest absolute Gasteiger partial charge is 0.494 e. The van der Waals surface area contributed by atoms with E-state index in [-0.39, 0.29) is 18.1 Å². The zero-order valence-corrected chi connectivity index (χ0v) is 20.0. The van der Waals surface area contributed by atoms with Crippen molar-refractivity contribution >= 4 is 33.7 Å². The van der Waals surface area contributed by atoms with Crippen LogP contribution in [0.25, 0.3) is 21.8 Å². The van der Waals surface area contributed by atoms with Gasteiger partial charge in [-0.05, 0) is 81.0 Å². The molecule has 0 saturated heterocycles. The number of aliphatic carboxylic acids is 1. The second kappa shape index (κ2) is 10.6. The molecule has 35 heavy (non-hydrogen) atoms. The first kappa shape index (κ1) is 24.3. The average Bonchev–Trinajstić information content (AvgIpc) is 3.40. The number of carboxylic acid groups (broad SMARTS) is 1. The van der Waals surface area contributed by atoms with E-state index in [0.717, 1.165) is 46.0 Å². The summed E-state index contributed by atoms with van der Waals surface area (Å²) in [6.07, 6.45) is 3.00. The van der Waals surface area contributed by atoms with Gasteiger partial charge in [0.1, 0.15) is 17.3 Å². The Bertz CT molecular complexity index is 1370. The van der Waals surface area contributed by atoms with Gasteiger partial charge in [0.2, 0.25) is 0 Å². The van der Waals surface area contributed by atoms with Gasteiger partial charge in [-0.25, -0.2) is 4.39 Å². The zero-order valence-electron chi connectivity index (χ0n) is 20.0. The van der Waals surface area contributed by atoms with Crippen LogP contribution in [0.2, 0.25) is 0 Å². The van der Waals surface area contributed by atoms with Crippen molar-refractivity contribution in [1.29, 1.82) is 0 Å². The third-order valence-electron chi connectivity index (χ3n) is 6.23. The Morgan fingerprint density at radius 3 is 2.69 bits per heavy atom. The molecule has 4 aromatic rings. The van der Waals surface area contributed by atoms with Gasteiger partial charge in [-0.15, -0.1) is 0 Å². The molecule has 7 nitrogen and oxygen atoms in total. The smallest absolute Gasteiger partial charge is 0.303 e. The second-order valence-electron chi connectivity index (χ2n) is 8.83. The number of hydrogen-bond donors (Lipinski definition) is 4. The fraction of sp³-hybridized carbons (Fsp3) is 0.333. The molecule has 0 bridgehead atoms. The van der Waals surface area contributed by atoms with Gasteiger partial charge in [-0.2, -0.15) is 0 Å². The summed E-state index contributed by atoms with van der Waals surface area (Å²) < 4.78 is 19.9. The van der Waals surface area contributed by atoms with E-state index in [0.29, 0.717) is 43.0 Å². The first-order valence-corrected chi connectivity index (χ1v) is 11.9. The Labute approximate surface area is 202 Å². The number of ether oxygens (including phenoxy) is 1. The van der Waals surface area contributed by atoms with E-state index >= 15 is 0 Å². The van der Waals surface area contributed by atoms with Crippen molar-refractivity contribution in [2.75, 3.05) is 13.2 Å². The molecular weight excluding hydrogens is 449 g/mol. The van der Waals surface area contributed by atoms with Crippen molar-refractivity contribution in [2.24, 2.45) is 0 Å². The van der Waals surface area contributed by atoms with Crippen LogP contribution in [-0.2, 0) is 11.2 Å². The minimum absolute atomic E-state index is 0.180. The molecule has 2 heterocycles. The topological polar surface area (TPSA) is 107 Å². The Kier molecular flexibility index (Phi) is 7.39. The quantitative estimate of drug-likeness (QED) is 0.216. The number of aryl methyl sites for hydroxylation is 2.